The summed E-state index contributed by atoms with van der Waals surface area (Å²) < 4.78 is 27.8. The van der Waals surface area contributed by atoms with Gasteiger partial charge in [0.05, 0.1) is 24.3 Å². The van der Waals surface area contributed by atoms with Gasteiger partial charge in [-0.3, -0.25) is 0 Å². The molecule has 3 N–H and O–H groups in total. The molecule has 1 unspecified atom stereocenters. The standard InChI is InChI=1S/C12H18N2O3S/c1-17-12-6-10(2-3-11(12)13)14-7-9-4-5-18(15,16)8-9/h2-3,6,9,14H,4-5,7-8,13H2,1H3. The highest BCUT2D eigenvalue weighted by Crippen LogP contribution is 2.26. The lowest BCUT2D eigenvalue weighted by molar-refractivity contribution is 0.417. The molecule has 0 spiro atoms. The summed E-state index contributed by atoms with van der Waals surface area (Å²) in [5.74, 6) is 1.41. The van der Waals surface area contributed by atoms with Crippen molar-refractivity contribution in [1.29, 1.82) is 0 Å². The van der Waals surface area contributed by atoms with Crippen LogP contribution in [0.1, 0.15) is 6.42 Å². The largest absolute Gasteiger partial charge is 0.495 e. The van der Waals surface area contributed by atoms with E-state index >= 15 is 0 Å². The van der Waals surface area contributed by atoms with E-state index in [4.69, 9.17) is 10.5 Å². The number of ether oxygens (including phenoxy) is 1. The number of nitrogens with two attached hydrogens (primary N) is 1. The molecule has 1 aliphatic heterocycles. The summed E-state index contributed by atoms with van der Waals surface area (Å²) in [6.45, 7) is 0.659. The van der Waals surface area contributed by atoms with Crippen LogP contribution in [-0.2, 0) is 9.84 Å². The van der Waals surface area contributed by atoms with E-state index in [1.54, 1.807) is 13.2 Å². The van der Waals surface area contributed by atoms with Crippen LogP contribution in [0.25, 0.3) is 0 Å². The van der Waals surface area contributed by atoms with Gasteiger partial charge in [-0.25, -0.2) is 8.42 Å². The second-order valence-electron chi connectivity index (χ2n) is 4.61. The Bertz CT molecular complexity index is 528. The molecule has 0 saturated carbocycles. The molecule has 5 nitrogen and oxygen atoms in total. The van der Waals surface area contributed by atoms with Crippen LogP contribution in [0.15, 0.2) is 18.2 Å². The number of anilines is 2. The minimum atomic E-state index is -2.80. The van der Waals surface area contributed by atoms with Gasteiger partial charge in [0, 0.05) is 18.3 Å². The summed E-state index contributed by atoms with van der Waals surface area (Å²) in [5.41, 5.74) is 7.20. The Kier molecular flexibility index (Phi) is 3.65. The Labute approximate surface area is 107 Å². The maximum atomic E-state index is 11.3. The van der Waals surface area contributed by atoms with E-state index in [0.717, 1.165) is 12.1 Å². The molecule has 1 heterocycles. The molecule has 0 amide bonds. The molecule has 1 saturated heterocycles. The molecule has 0 bridgehead atoms. The van der Waals surface area contributed by atoms with Crippen molar-refractivity contribution in [3.05, 3.63) is 18.2 Å². The fourth-order valence-electron chi connectivity index (χ4n) is 2.12. The maximum Gasteiger partial charge on any atom is 0.150 e. The summed E-state index contributed by atoms with van der Waals surface area (Å²) in [6.07, 6.45) is 0.738. The molecule has 0 aliphatic carbocycles. The minimum absolute atomic E-state index is 0.193. The van der Waals surface area contributed by atoms with E-state index in [9.17, 15) is 8.42 Å². The van der Waals surface area contributed by atoms with Crippen molar-refractivity contribution < 1.29 is 13.2 Å². The number of nitrogen functional groups attached to an aromatic ring is 1. The van der Waals surface area contributed by atoms with Crippen LogP contribution in [0.3, 0.4) is 0 Å². The summed E-state index contributed by atoms with van der Waals surface area (Å²) >= 11 is 0. The summed E-state index contributed by atoms with van der Waals surface area (Å²) in [6, 6.07) is 5.45. The van der Waals surface area contributed by atoms with E-state index in [1.165, 1.54) is 0 Å². The number of methoxy groups -OCH3 is 1. The first kappa shape index (κ1) is 13.0. The second-order valence-corrected chi connectivity index (χ2v) is 6.84. The van der Waals surface area contributed by atoms with Gasteiger partial charge in [0.25, 0.3) is 0 Å². The van der Waals surface area contributed by atoms with Crippen molar-refractivity contribution in [3.8, 4) is 5.75 Å². The van der Waals surface area contributed by atoms with E-state index < -0.39 is 9.84 Å². The molecular formula is C12H18N2O3S. The molecule has 6 heteroatoms. The number of hydrogen-bond acceptors (Lipinski definition) is 5. The van der Waals surface area contributed by atoms with Gasteiger partial charge >= 0.3 is 0 Å². The number of benzene rings is 1. The molecule has 1 atom stereocenters. The third-order valence-electron chi connectivity index (χ3n) is 3.16. The highest BCUT2D eigenvalue weighted by atomic mass is 32.2. The molecule has 1 aliphatic rings. The Hall–Kier alpha value is -1.43. The molecule has 2 rings (SSSR count). The highest BCUT2D eigenvalue weighted by Gasteiger charge is 2.27. The van der Waals surface area contributed by atoms with E-state index in [0.29, 0.717) is 23.7 Å². The monoisotopic (exact) mass is 270 g/mol. The topological polar surface area (TPSA) is 81.4 Å². The Morgan fingerprint density at radius 3 is 2.89 bits per heavy atom. The first-order chi connectivity index (χ1) is 8.50. The molecular weight excluding hydrogens is 252 g/mol. The fourth-order valence-corrected chi connectivity index (χ4v) is 3.98. The van der Waals surface area contributed by atoms with Crippen molar-refractivity contribution >= 4 is 21.2 Å². The van der Waals surface area contributed by atoms with Gasteiger partial charge in [-0.15, -0.1) is 0 Å². The predicted octanol–water partition coefficient (Wildman–Crippen LogP) is 1.12. The van der Waals surface area contributed by atoms with Gasteiger partial charge in [-0.1, -0.05) is 0 Å². The van der Waals surface area contributed by atoms with Crippen LogP contribution >= 0.6 is 0 Å². The SMILES string of the molecule is COc1cc(NCC2CCS(=O)(=O)C2)ccc1N. The van der Waals surface area contributed by atoms with Crippen molar-refractivity contribution in [2.75, 3.05) is 36.2 Å². The quantitative estimate of drug-likeness (QED) is 0.801. The molecule has 0 radical (unpaired) electrons. The second kappa shape index (κ2) is 5.06. The summed E-state index contributed by atoms with van der Waals surface area (Å²) in [5, 5.41) is 3.23. The molecule has 1 aromatic rings. The van der Waals surface area contributed by atoms with E-state index in [2.05, 4.69) is 5.32 Å². The van der Waals surface area contributed by atoms with Crippen LogP contribution in [0.2, 0.25) is 0 Å². The van der Waals surface area contributed by atoms with Crippen molar-refractivity contribution in [1.82, 2.24) is 0 Å². The first-order valence-electron chi connectivity index (χ1n) is 5.88. The smallest absolute Gasteiger partial charge is 0.150 e. The lowest BCUT2D eigenvalue weighted by Crippen LogP contribution is -2.15. The van der Waals surface area contributed by atoms with Gasteiger partial charge in [-0.2, -0.15) is 0 Å². The number of hydrogen-bond donors (Lipinski definition) is 2. The molecule has 1 fully saturated rings. The van der Waals surface area contributed by atoms with Gasteiger partial charge in [-0.05, 0) is 24.5 Å². The zero-order chi connectivity index (χ0) is 13.2. The van der Waals surface area contributed by atoms with Crippen LogP contribution < -0.4 is 15.8 Å². The van der Waals surface area contributed by atoms with Gasteiger partial charge in [0.1, 0.15) is 5.75 Å². The van der Waals surface area contributed by atoms with Crippen molar-refractivity contribution in [2.45, 2.75) is 6.42 Å². The van der Waals surface area contributed by atoms with Gasteiger partial charge < -0.3 is 15.8 Å². The van der Waals surface area contributed by atoms with Gasteiger partial charge in [0.15, 0.2) is 9.84 Å². The van der Waals surface area contributed by atoms with Crippen LogP contribution in [0.5, 0.6) is 5.75 Å². The van der Waals surface area contributed by atoms with Crippen LogP contribution in [0.4, 0.5) is 11.4 Å². The zero-order valence-corrected chi connectivity index (χ0v) is 11.2. The van der Waals surface area contributed by atoms with Crippen LogP contribution in [0, 0.1) is 5.92 Å². The van der Waals surface area contributed by atoms with Gasteiger partial charge in [0.2, 0.25) is 0 Å². The lowest BCUT2D eigenvalue weighted by atomic mass is 10.1. The fraction of sp³-hybridized carbons (Fsp3) is 0.500. The predicted molar refractivity (Wildman–Crippen MR) is 72.7 cm³/mol. The molecule has 1 aromatic carbocycles. The highest BCUT2D eigenvalue weighted by molar-refractivity contribution is 7.91. The van der Waals surface area contributed by atoms with Crippen LogP contribution in [-0.4, -0.2) is 33.6 Å². The van der Waals surface area contributed by atoms with E-state index in [1.807, 2.05) is 12.1 Å². The average molecular weight is 270 g/mol. The molecule has 0 aromatic heterocycles. The molecule has 100 valence electrons. The Balaban J connectivity index is 1.95. The first-order valence-corrected chi connectivity index (χ1v) is 7.70. The number of nitrogens with one attached hydrogen (secondary N) is 1. The Morgan fingerprint density at radius 1 is 1.50 bits per heavy atom. The summed E-state index contributed by atoms with van der Waals surface area (Å²) in [7, 11) is -1.24. The minimum Gasteiger partial charge on any atom is -0.495 e. The third-order valence-corrected chi connectivity index (χ3v) is 4.99. The maximum absolute atomic E-state index is 11.3. The summed E-state index contributed by atoms with van der Waals surface area (Å²) in [4.78, 5) is 0. The average Bonchev–Trinajstić information content (AvgIpc) is 2.68. The van der Waals surface area contributed by atoms with Crippen molar-refractivity contribution in [3.63, 3.8) is 0 Å². The lowest BCUT2D eigenvalue weighted by Gasteiger charge is -2.12. The number of rotatable bonds is 4. The zero-order valence-electron chi connectivity index (χ0n) is 10.3. The normalized spacial score (nSPS) is 21.7. The Morgan fingerprint density at radius 2 is 2.28 bits per heavy atom. The van der Waals surface area contributed by atoms with E-state index in [-0.39, 0.29) is 11.7 Å². The molecule has 18 heavy (non-hydrogen) atoms. The third kappa shape index (κ3) is 3.07. The number of sulfone groups is 1. The van der Waals surface area contributed by atoms with Crippen molar-refractivity contribution in [2.24, 2.45) is 5.92 Å².